The molecule has 0 bridgehead atoms. The molecule has 1 saturated heterocycles. The smallest absolute Gasteiger partial charge is 0.270 e. The summed E-state index contributed by atoms with van der Waals surface area (Å²) in [4.78, 5) is 25.3. The normalized spacial score (nSPS) is 14.5. The molecule has 27 heavy (non-hydrogen) atoms. The average molecular weight is 363 g/mol. The molecule has 2 aromatic carbocycles. The Morgan fingerprint density at radius 1 is 1.19 bits per heavy atom. The summed E-state index contributed by atoms with van der Waals surface area (Å²) in [6.45, 7) is 2.36. The number of morpholine rings is 1. The minimum absolute atomic E-state index is 0.0730. The van der Waals surface area contributed by atoms with Crippen LogP contribution in [0.2, 0.25) is 0 Å². The minimum atomic E-state index is -0.495. The van der Waals surface area contributed by atoms with Crippen molar-refractivity contribution in [3.05, 3.63) is 75.3 Å². The molecule has 0 aliphatic carbocycles. The van der Waals surface area contributed by atoms with Crippen LogP contribution in [0.15, 0.2) is 54.1 Å². The molecule has 1 fully saturated rings. The number of carbonyl (C=O) groups is 1. The highest BCUT2D eigenvalue weighted by Crippen LogP contribution is 2.29. The van der Waals surface area contributed by atoms with Crippen molar-refractivity contribution in [3.8, 4) is 6.07 Å². The van der Waals surface area contributed by atoms with Gasteiger partial charge in [-0.25, -0.2) is 0 Å². The molecule has 1 aliphatic rings. The van der Waals surface area contributed by atoms with E-state index < -0.39 is 10.7 Å². The summed E-state index contributed by atoms with van der Waals surface area (Å²) in [5.41, 5.74) is 1.42. The van der Waals surface area contributed by atoms with Crippen molar-refractivity contribution < 1.29 is 14.5 Å². The van der Waals surface area contributed by atoms with Gasteiger partial charge in [0.25, 0.3) is 5.69 Å². The molecule has 7 heteroatoms. The first kappa shape index (κ1) is 18.3. The molecule has 0 aromatic heterocycles. The van der Waals surface area contributed by atoms with Gasteiger partial charge in [0.15, 0.2) is 0 Å². The third-order valence-corrected chi connectivity index (χ3v) is 4.27. The number of nitro groups is 1. The number of nitro benzene ring substituents is 1. The van der Waals surface area contributed by atoms with Crippen LogP contribution in [0, 0.1) is 21.4 Å². The molecule has 0 unspecified atom stereocenters. The summed E-state index contributed by atoms with van der Waals surface area (Å²) in [6.07, 6.45) is 1.42. The Bertz CT molecular complexity index is 926. The van der Waals surface area contributed by atoms with Crippen LogP contribution in [0.25, 0.3) is 6.08 Å². The van der Waals surface area contributed by atoms with Gasteiger partial charge in [-0.3, -0.25) is 14.9 Å². The summed E-state index contributed by atoms with van der Waals surface area (Å²) in [5.74, 6) is -0.419. The topological polar surface area (TPSA) is 96.5 Å². The number of allylic oxidation sites excluding steroid dienone is 1. The molecule has 1 heterocycles. The maximum atomic E-state index is 12.6. The minimum Gasteiger partial charge on any atom is -0.378 e. The van der Waals surface area contributed by atoms with Crippen LogP contribution in [0.3, 0.4) is 0 Å². The lowest BCUT2D eigenvalue weighted by Gasteiger charge is -2.30. The van der Waals surface area contributed by atoms with E-state index in [1.54, 1.807) is 36.4 Å². The first-order chi connectivity index (χ1) is 13.1. The third kappa shape index (κ3) is 4.19. The molecule has 2 aromatic rings. The number of Topliss-reactive ketones (excluding diaryl/α,β-unsaturated/α-hetero) is 1. The second-order valence-electron chi connectivity index (χ2n) is 5.96. The lowest BCUT2D eigenvalue weighted by atomic mass is 10.0. The number of ether oxygens (including phenoxy) is 1. The number of nitriles is 1. The zero-order valence-corrected chi connectivity index (χ0v) is 14.5. The van der Waals surface area contributed by atoms with Crippen molar-refractivity contribution in [2.45, 2.75) is 0 Å². The first-order valence-corrected chi connectivity index (χ1v) is 8.43. The Kier molecular flexibility index (Phi) is 5.59. The number of non-ortho nitro benzene ring substituents is 1. The van der Waals surface area contributed by atoms with E-state index in [0.29, 0.717) is 37.4 Å². The summed E-state index contributed by atoms with van der Waals surface area (Å²) < 4.78 is 5.35. The third-order valence-electron chi connectivity index (χ3n) is 4.27. The Morgan fingerprint density at radius 3 is 2.52 bits per heavy atom. The maximum absolute atomic E-state index is 12.6. The molecule has 0 N–H and O–H groups in total. The van der Waals surface area contributed by atoms with Crippen LogP contribution >= 0.6 is 0 Å². The van der Waals surface area contributed by atoms with Gasteiger partial charge in [-0.1, -0.05) is 30.3 Å². The van der Waals surface area contributed by atoms with E-state index in [2.05, 4.69) is 0 Å². The molecule has 0 radical (unpaired) electrons. The second kappa shape index (κ2) is 8.25. The fourth-order valence-electron chi connectivity index (χ4n) is 2.91. The van der Waals surface area contributed by atoms with Crippen molar-refractivity contribution in [1.29, 1.82) is 5.26 Å². The van der Waals surface area contributed by atoms with Crippen molar-refractivity contribution in [2.24, 2.45) is 0 Å². The Labute approximate surface area is 156 Å². The van der Waals surface area contributed by atoms with Crippen LogP contribution < -0.4 is 4.90 Å². The summed E-state index contributed by atoms with van der Waals surface area (Å²) in [6, 6.07) is 14.9. The Morgan fingerprint density at radius 2 is 1.89 bits per heavy atom. The van der Waals surface area contributed by atoms with Crippen LogP contribution in [-0.2, 0) is 4.74 Å². The standard InChI is InChI=1S/C20H17N3O4/c21-14-17(20(24)15-4-2-1-3-5-15)12-16-13-18(23(25)26)6-7-19(16)22-8-10-27-11-9-22/h1-7,12-13H,8-11H2. The zero-order chi connectivity index (χ0) is 19.2. The van der Waals surface area contributed by atoms with E-state index in [9.17, 15) is 20.2 Å². The number of benzene rings is 2. The van der Waals surface area contributed by atoms with Crippen LogP contribution in [-0.4, -0.2) is 37.0 Å². The monoisotopic (exact) mass is 363 g/mol. The lowest BCUT2D eigenvalue weighted by molar-refractivity contribution is -0.384. The van der Waals surface area contributed by atoms with Gasteiger partial charge in [0.2, 0.25) is 5.78 Å². The van der Waals surface area contributed by atoms with Crippen molar-refractivity contribution in [1.82, 2.24) is 0 Å². The van der Waals surface area contributed by atoms with Gasteiger partial charge in [0, 0.05) is 42.0 Å². The molecule has 0 atom stereocenters. The van der Waals surface area contributed by atoms with E-state index in [4.69, 9.17) is 4.74 Å². The molecule has 0 amide bonds. The molecular weight excluding hydrogens is 346 g/mol. The first-order valence-electron chi connectivity index (χ1n) is 8.43. The maximum Gasteiger partial charge on any atom is 0.270 e. The number of rotatable bonds is 5. The van der Waals surface area contributed by atoms with E-state index >= 15 is 0 Å². The number of nitrogens with zero attached hydrogens (tertiary/aromatic N) is 3. The molecule has 0 spiro atoms. The molecule has 7 nitrogen and oxygen atoms in total. The number of carbonyl (C=O) groups excluding carboxylic acids is 1. The Balaban J connectivity index is 2.05. The highest BCUT2D eigenvalue weighted by atomic mass is 16.6. The fraction of sp³-hybridized carbons (Fsp3) is 0.200. The van der Waals surface area contributed by atoms with Crippen LogP contribution in [0.5, 0.6) is 0 Å². The van der Waals surface area contributed by atoms with Crippen LogP contribution in [0.1, 0.15) is 15.9 Å². The van der Waals surface area contributed by atoms with Gasteiger partial charge in [-0.15, -0.1) is 0 Å². The van der Waals surface area contributed by atoms with Gasteiger partial charge in [0.05, 0.1) is 18.1 Å². The quantitative estimate of drug-likeness (QED) is 0.266. The second-order valence-corrected chi connectivity index (χ2v) is 5.96. The van der Waals surface area contributed by atoms with E-state index in [0.717, 1.165) is 5.69 Å². The lowest BCUT2D eigenvalue weighted by Crippen LogP contribution is -2.36. The van der Waals surface area contributed by atoms with E-state index in [1.807, 2.05) is 11.0 Å². The van der Waals surface area contributed by atoms with Crippen molar-refractivity contribution in [3.63, 3.8) is 0 Å². The largest absolute Gasteiger partial charge is 0.378 e. The van der Waals surface area contributed by atoms with Crippen LogP contribution in [0.4, 0.5) is 11.4 Å². The summed E-state index contributed by atoms with van der Waals surface area (Å²) >= 11 is 0. The van der Waals surface area contributed by atoms with Gasteiger partial charge >= 0.3 is 0 Å². The highest BCUT2D eigenvalue weighted by molar-refractivity contribution is 6.14. The number of hydrogen-bond donors (Lipinski definition) is 0. The van der Waals surface area contributed by atoms with E-state index in [-0.39, 0.29) is 11.3 Å². The molecule has 1 aliphatic heterocycles. The van der Waals surface area contributed by atoms with E-state index in [1.165, 1.54) is 18.2 Å². The molecule has 136 valence electrons. The highest BCUT2D eigenvalue weighted by Gasteiger charge is 2.19. The van der Waals surface area contributed by atoms with Crippen molar-refractivity contribution in [2.75, 3.05) is 31.2 Å². The molecular formula is C20H17N3O4. The summed E-state index contributed by atoms with van der Waals surface area (Å²) in [7, 11) is 0. The summed E-state index contributed by atoms with van der Waals surface area (Å²) in [5, 5.41) is 20.7. The predicted octanol–water partition coefficient (Wildman–Crippen LogP) is 3.22. The van der Waals surface area contributed by atoms with Gasteiger partial charge in [-0.2, -0.15) is 5.26 Å². The van der Waals surface area contributed by atoms with Gasteiger partial charge < -0.3 is 9.64 Å². The van der Waals surface area contributed by atoms with Crippen molar-refractivity contribution >= 4 is 23.2 Å². The Hall–Kier alpha value is -3.50. The molecule has 0 saturated carbocycles. The number of anilines is 1. The SMILES string of the molecule is N#CC(=Cc1cc([N+](=O)[O-])ccc1N1CCOCC1)C(=O)c1ccccc1. The fourth-order valence-corrected chi connectivity index (χ4v) is 2.91. The zero-order valence-electron chi connectivity index (χ0n) is 14.5. The number of ketones is 1. The van der Waals surface area contributed by atoms with Gasteiger partial charge in [0.1, 0.15) is 11.6 Å². The average Bonchev–Trinajstić information content (AvgIpc) is 2.72. The predicted molar refractivity (Wildman–Crippen MR) is 100 cm³/mol. The molecule has 3 rings (SSSR count). The van der Waals surface area contributed by atoms with Gasteiger partial charge in [-0.05, 0) is 12.1 Å². The number of hydrogen-bond acceptors (Lipinski definition) is 6.